The third kappa shape index (κ3) is 2.96. The molecule has 0 spiro atoms. The number of thiophene rings is 1. The summed E-state index contributed by atoms with van der Waals surface area (Å²) in [5.41, 5.74) is 1.47. The first-order valence-electron chi connectivity index (χ1n) is 9.25. The summed E-state index contributed by atoms with van der Waals surface area (Å²) in [4.78, 5) is 13.8. The molecule has 0 saturated carbocycles. The highest BCUT2D eigenvalue weighted by atomic mass is 32.2. The highest BCUT2D eigenvalue weighted by Gasteiger charge is 2.34. The Hall–Kier alpha value is -2.96. The van der Waals surface area contributed by atoms with Gasteiger partial charge >= 0.3 is 0 Å². The Morgan fingerprint density at radius 1 is 0.897 bits per heavy atom. The van der Waals surface area contributed by atoms with Crippen molar-refractivity contribution in [1.82, 2.24) is 0 Å². The van der Waals surface area contributed by atoms with Crippen molar-refractivity contribution in [3.8, 4) is 0 Å². The molecule has 3 aromatic carbocycles. The number of hydrogen-bond donors (Lipinski definition) is 1. The average molecular weight is 420 g/mol. The predicted molar refractivity (Wildman–Crippen MR) is 115 cm³/mol. The molecule has 1 amide bonds. The van der Waals surface area contributed by atoms with Crippen LogP contribution in [-0.4, -0.2) is 14.3 Å². The van der Waals surface area contributed by atoms with E-state index in [-0.39, 0.29) is 21.6 Å². The van der Waals surface area contributed by atoms with Crippen LogP contribution in [0, 0.1) is 0 Å². The summed E-state index contributed by atoms with van der Waals surface area (Å²) in [5, 5.41) is 6.66. The van der Waals surface area contributed by atoms with Crippen LogP contribution in [0.15, 0.2) is 88.0 Å². The summed E-state index contributed by atoms with van der Waals surface area (Å²) in [5.74, 6) is -0.340. The maximum absolute atomic E-state index is 13.2. The van der Waals surface area contributed by atoms with Gasteiger partial charge in [0.25, 0.3) is 0 Å². The van der Waals surface area contributed by atoms with Gasteiger partial charge < -0.3 is 5.32 Å². The Kier molecular flexibility index (Phi) is 4.26. The van der Waals surface area contributed by atoms with E-state index in [4.69, 9.17) is 0 Å². The van der Waals surface area contributed by atoms with Crippen molar-refractivity contribution in [2.75, 3.05) is 5.32 Å². The number of amides is 1. The molecule has 5 rings (SSSR count). The first kappa shape index (κ1) is 18.1. The monoisotopic (exact) mass is 419 g/mol. The van der Waals surface area contributed by atoms with Crippen molar-refractivity contribution in [2.24, 2.45) is 0 Å². The maximum Gasteiger partial charge on any atom is 0.225 e. The Labute approximate surface area is 172 Å². The van der Waals surface area contributed by atoms with E-state index in [1.165, 1.54) is 11.3 Å². The van der Waals surface area contributed by atoms with E-state index in [0.29, 0.717) is 12.1 Å². The fourth-order valence-corrected chi connectivity index (χ4v) is 6.85. The molecule has 1 aliphatic heterocycles. The maximum atomic E-state index is 13.2. The molecule has 0 fully saturated rings. The molecule has 0 radical (unpaired) electrons. The van der Waals surface area contributed by atoms with E-state index < -0.39 is 9.84 Å². The van der Waals surface area contributed by atoms with E-state index in [1.807, 2.05) is 42.5 Å². The Morgan fingerprint density at radius 2 is 1.62 bits per heavy atom. The van der Waals surface area contributed by atoms with Crippen molar-refractivity contribution in [1.29, 1.82) is 0 Å². The normalized spacial score (nSPS) is 16.4. The molecular formula is C23H17NO3S2. The number of fused-ring (bicyclic) bond motifs is 2. The number of benzene rings is 3. The number of carbonyl (C=O) groups is 1. The van der Waals surface area contributed by atoms with Crippen molar-refractivity contribution in [3.05, 3.63) is 88.6 Å². The van der Waals surface area contributed by atoms with Gasteiger partial charge in [0, 0.05) is 22.6 Å². The van der Waals surface area contributed by atoms with Gasteiger partial charge in [0.2, 0.25) is 15.7 Å². The van der Waals surface area contributed by atoms with Gasteiger partial charge in [0.05, 0.1) is 10.6 Å². The molecule has 0 saturated heterocycles. The van der Waals surface area contributed by atoms with Crippen LogP contribution in [0.2, 0.25) is 0 Å². The van der Waals surface area contributed by atoms with Gasteiger partial charge in [0.1, 0.15) is 4.90 Å². The first-order valence-corrected chi connectivity index (χ1v) is 11.6. The summed E-state index contributed by atoms with van der Waals surface area (Å²) in [7, 11) is -3.71. The van der Waals surface area contributed by atoms with Gasteiger partial charge in [-0.3, -0.25) is 4.79 Å². The summed E-state index contributed by atoms with van der Waals surface area (Å²) in [6, 6.07) is 22.4. The zero-order valence-electron chi connectivity index (χ0n) is 15.3. The second-order valence-electron chi connectivity index (χ2n) is 7.03. The largest absolute Gasteiger partial charge is 0.324 e. The van der Waals surface area contributed by atoms with Crippen LogP contribution in [0.1, 0.15) is 22.8 Å². The smallest absolute Gasteiger partial charge is 0.225 e. The molecule has 4 aromatic rings. The van der Waals surface area contributed by atoms with Crippen LogP contribution in [-0.2, 0) is 14.6 Å². The molecular weight excluding hydrogens is 402 g/mol. The predicted octanol–water partition coefficient (Wildman–Crippen LogP) is 5.21. The summed E-state index contributed by atoms with van der Waals surface area (Å²) < 4.78 is 26.4. The standard InChI is InChI=1S/C23H17NO3S2/c25-21-13-19(18-12-6-8-15-7-4-5-11-17(15)18)23-22(24-21)20(14-28-23)29(26,27)16-9-2-1-3-10-16/h1-12,14,19H,13H2,(H,24,25)/t19-/m1/s1. The molecule has 1 aliphatic rings. The van der Waals surface area contributed by atoms with Crippen LogP contribution in [0.4, 0.5) is 5.69 Å². The fourth-order valence-electron chi connectivity index (χ4n) is 3.93. The number of carbonyl (C=O) groups excluding carboxylic acids is 1. The molecule has 29 heavy (non-hydrogen) atoms. The van der Waals surface area contributed by atoms with Gasteiger partial charge in [-0.2, -0.15) is 0 Å². The lowest BCUT2D eigenvalue weighted by Crippen LogP contribution is -2.23. The van der Waals surface area contributed by atoms with Crippen LogP contribution >= 0.6 is 11.3 Å². The number of anilines is 1. The van der Waals surface area contributed by atoms with Crippen LogP contribution < -0.4 is 5.32 Å². The molecule has 6 heteroatoms. The zero-order chi connectivity index (χ0) is 20.0. The van der Waals surface area contributed by atoms with E-state index >= 15 is 0 Å². The molecule has 0 bridgehead atoms. The summed E-state index contributed by atoms with van der Waals surface area (Å²) in [6.07, 6.45) is 0.298. The van der Waals surface area contributed by atoms with Crippen molar-refractivity contribution < 1.29 is 13.2 Å². The Balaban J connectivity index is 1.69. The lowest BCUT2D eigenvalue weighted by atomic mass is 9.87. The topological polar surface area (TPSA) is 63.2 Å². The van der Waals surface area contributed by atoms with E-state index in [0.717, 1.165) is 21.2 Å². The zero-order valence-corrected chi connectivity index (χ0v) is 17.0. The minimum atomic E-state index is -3.71. The number of rotatable bonds is 3. The molecule has 1 aromatic heterocycles. The number of nitrogens with one attached hydrogen (secondary N) is 1. The third-order valence-electron chi connectivity index (χ3n) is 5.30. The van der Waals surface area contributed by atoms with Gasteiger partial charge in [-0.05, 0) is 28.5 Å². The molecule has 2 heterocycles. The second-order valence-corrected chi connectivity index (χ2v) is 9.86. The average Bonchev–Trinajstić information content (AvgIpc) is 3.18. The first-order chi connectivity index (χ1) is 14.1. The van der Waals surface area contributed by atoms with Crippen LogP contribution in [0.25, 0.3) is 10.8 Å². The molecule has 1 atom stereocenters. The van der Waals surface area contributed by atoms with Gasteiger partial charge in [0.15, 0.2) is 0 Å². The summed E-state index contributed by atoms with van der Waals surface area (Å²) in [6.45, 7) is 0. The lowest BCUT2D eigenvalue weighted by molar-refractivity contribution is -0.116. The minimum Gasteiger partial charge on any atom is -0.324 e. The van der Waals surface area contributed by atoms with Crippen LogP contribution in [0.3, 0.4) is 0 Å². The van der Waals surface area contributed by atoms with Crippen LogP contribution in [0.5, 0.6) is 0 Å². The number of hydrogen-bond acceptors (Lipinski definition) is 4. The quantitative estimate of drug-likeness (QED) is 0.496. The van der Waals surface area contributed by atoms with Crippen molar-refractivity contribution >= 4 is 43.5 Å². The Bertz CT molecular complexity index is 1340. The molecule has 1 N–H and O–H groups in total. The highest BCUT2D eigenvalue weighted by Crippen LogP contribution is 2.47. The molecule has 0 unspecified atom stereocenters. The number of sulfone groups is 1. The fraction of sp³-hybridized carbons (Fsp3) is 0.0870. The Morgan fingerprint density at radius 3 is 2.45 bits per heavy atom. The van der Waals surface area contributed by atoms with E-state index in [9.17, 15) is 13.2 Å². The molecule has 144 valence electrons. The lowest BCUT2D eigenvalue weighted by Gasteiger charge is -2.25. The van der Waals surface area contributed by atoms with Crippen molar-refractivity contribution in [3.63, 3.8) is 0 Å². The third-order valence-corrected chi connectivity index (χ3v) is 8.34. The SMILES string of the molecule is O=C1C[C@H](c2cccc3ccccc23)c2scc(S(=O)(=O)c3ccccc3)c2N1. The van der Waals surface area contributed by atoms with E-state index in [2.05, 4.69) is 5.32 Å². The van der Waals surface area contributed by atoms with Gasteiger partial charge in [-0.15, -0.1) is 11.3 Å². The second kappa shape index (κ2) is 6.83. The van der Waals surface area contributed by atoms with Gasteiger partial charge in [-0.25, -0.2) is 8.42 Å². The highest BCUT2D eigenvalue weighted by molar-refractivity contribution is 7.91. The molecule has 4 nitrogen and oxygen atoms in total. The van der Waals surface area contributed by atoms with Crippen molar-refractivity contribution in [2.45, 2.75) is 22.1 Å². The minimum absolute atomic E-state index is 0.168. The van der Waals surface area contributed by atoms with Gasteiger partial charge in [-0.1, -0.05) is 60.7 Å². The molecule has 0 aliphatic carbocycles. The summed E-state index contributed by atoms with van der Waals surface area (Å²) >= 11 is 1.39. The van der Waals surface area contributed by atoms with E-state index in [1.54, 1.807) is 35.7 Å².